The molecular weight excluding hydrogens is 318 g/mol. The van der Waals surface area contributed by atoms with Crippen molar-refractivity contribution in [3.8, 4) is 5.75 Å². The molecule has 25 heavy (non-hydrogen) atoms. The van der Waals surface area contributed by atoms with Crippen molar-refractivity contribution < 1.29 is 4.74 Å². The number of nitrogens with zero attached hydrogens (tertiary/aromatic N) is 4. The molecule has 4 aliphatic rings. The lowest BCUT2D eigenvalue weighted by atomic mass is 9.91. The molecule has 4 fully saturated rings. The van der Waals surface area contributed by atoms with Crippen LogP contribution in [0.4, 0.5) is 0 Å². The van der Waals surface area contributed by atoms with Crippen molar-refractivity contribution in [1.29, 1.82) is 0 Å². The summed E-state index contributed by atoms with van der Waals surface area (Å²) in [7, 11) is 1.62. The number of rotatable bonds is 3. The number of nitrogens with one attached hydrogen (secondary N) is 1. The van der Waals surface area contributed by atoms with E-state index >= 15 is 0 Å². The maximum absolute atomic E-state index is 12.4. The van der Waals surface area contributed by atoms with Gasteiger partial charge in [-0.15, -0.1) is 0 Å². The lowest BCUT2D eigenvalue weighted by molar-refractivity contribution is -0.139. The fourth-order valence-corrected chi connectivity index (χ4v) is 4.43. The van der Waals surface area contributed by atoms with E-state index in [4.69, 9.17) is 9.73 Å². The third kappa shape index (κ3) is 2.55. The zero-order valence-electron chi connectivity index (χ0n) is 14.2. The zero-order valence-corrected chi connectivity index (χ0v) is 14.2. The van der Waals surface area contributed by atoms with E-state index in [1.165, 1.54) is 0 Å². The van der Waals surface area contributed by atoms with Crippen LogP contribution in [-0.4, -0.2) is 78.2 Å². The third-order valence-electron chi connectivity index (χ3n) is 5.31. The molecule has 4 aliphatic heterocycles. The van der Waals surface area contributed by atoms with Gasteiger partial charge >= 0.3 is 0 Å². The number of aromatic amines is 1. The molecule has 0 atom stereocenters. The molecule has 130 valence electrons. The highest BCUT2D eigenvalue weighted by Crippen LogP contribution is 2.31. The molecule has 4 bridgehead atoms. The molecular formula is C18H21N5O2. The topological polar surface area (TPSA) is 64.2 Å². The number of pyridine rings is 1. The number of aliphatic imine (C=N–C) groups is 1. The molecule has 7 nitrogen and oxygen atoms in total. The summed E-state index contributed by atoms with van der Waals surface area (Å²) in [4.78, 5) is 27.5. The number of hydrogen-bond donors (Lipinski definition) is 1. The summed E-state index contributed by atoms with van der Waals surface area (Å²) in [6.45, 7) is 6.02. The van der Waals surface area contributed by atoms with Gasteiger partial charge < -0.3 is 9.72 Å². The third-order valence-corrected chi connectivity index (χ3v) is 5.31. The van der Waals surface area contributed by atoms with Crippen molar-refractivity contribution in [2.75, 3.05) is 46.8 Å². The fraction of sp³-hybridized carbons (Fsp3) is 0.444. The van der Waals surface area contributed by atoms with Gasteiger partial charge in [-0.2, -0.15) is 0 Å². The van der Waals surface area contributed by atoms with Crippen LogP contribution in [0.1, 0.15) is 5.56 Å². The van der Waals surface area contributed by atoms with Crippen molar-refractivity contribution in [2.24, 2.45) is 4.99 Å². The predicted octanol–water partition coefficient (Wildman–Crippen LogP) is 0.514. The van der Waals surface area contributed by atoms with Gasteiger partial charge in [-0.05, 0) is 23.6 Å². The van der Waals surface area contributed by atoms with Gasteiger partial charge in [0.15, 0.2) is 0 Å². The standard InChI is InChI=1S/C18H21N5O2/c1-25-15-3-2-13-4-14(17(24)20-16(13)5-15)6-19-18-7-21-10-22(8-18)12-23(9-18)11-21/h2-6H,7-12H2,1H3,(H,20,24). The minimum atomic E-state index is -0.116. The maximum atomic E-state index is 12.4. The zero-order chi connectivity index (χ0) is 17.0. The van der Waals surface area contributed by atoms with Crippen LogP contribution in [-0.2, 0) is 0 Å². The van der Waals surface area contributed by atoms with Crippen molar-refractivity contribution in [1.82, 2.24) is 19.7 Å². The van der Waals surface area contributed by atoms with Crippen molar-refractivity contribution in [3.63, 3.8) is 0 Å². The quantitative estimate of drug-likeness (QED) is 0.826. The summed E-state index contributed by atoms with van der Waals surface area (Å²) in [6.07, 6.45) is 1.76. The molecule has 0 radical (unpaired) electrons. The van der Waals surface area contributed by atoms with Gasteiger partial charge in [0.05, 0.1) is 43.7 Å². The molecule has 7 heteroatoms. The highest BCUT2D eigenvalue weighted by atomic mass is 16.5. The number of hydrogen-bond acceptors (Lipinski definition) is 6. The lowest BCUT2D eigenvalue weighted by Crippen LogP contribution is -2.75. The molecule has 1 N–H and O–H groups in total. The summed E-state index contributed by atoms with van der Waals surface area (Å²) >= 11 is 0. The average molecular weight is 339 g/mol. The Morgan fingerprint density at radius 1 is 1.12 bits per heavy atom. The molecule has 0 aliphatic carbocycles. The van der Waals surface area contributed by atoms with E-state index in [0.717, 1.165) is 56.3 Å². The molecule has 0 spiro atoms. The van der Waals surface area contributed by atoms with Gasteiger partial charge in [0.25, 0.3) is 5.56 Å². The van der Waals surface area contributed by atoms with Crippen molar-refractivity contribution in [2.45, 2.75) is 5.54 Å². The fourth-order valence-electron chi connectivity index (χ4n) is 4.43. The number of benzene rings is 1. The van der Waals surface area contributed by atoms with Gasteiger partial charge in [0.1, 0.15) is 5.75 Å². The van der Waals surface area contributed by atoms with Gasteiger partial charge in [0, 0.05) is 31.9 Å². The molecule has 0 saturated carbocycles. The van der Waals surface area contributed by atoms with Crippen LogP contribution in [0.2, 0.25) is 0 Å². The van der Waals surface area contributed by atoms with Gasteiger partial charge in [-0.3, -0.25) is 24.5 Å². The Balaban J connectivity index is 1.48. The monoisotopic (exact) mass is 339 g/mol. The Kier molecular flexibility index (Phi) is 3.25. The van der Waals surface area contributed by atoms with Crippen LogP contribution in [0, 0.1) is 0 Å². The van der Waals surface area contributed by atoms with Crippen LogP contribution in [0.3, 0.4) is 0 Å². The molecule has 2 aromatic rings. The van der Waals surface area contributed by atoms with E-state index in [9.17, 15) is 4.79 Å². The number of ether oxygens (including phenoxy) is 1. The van der Waals surface area contributed by atoms with Crippen LogP contribution in [0.5, 0.6) is 5.75 Å². The second-order valence-electron chi connectivity index (χ2n) is 7.40. The Bertz CT molecular complexity index is 884. The summed E-state index contributed by atoms with van der Waals surface area (Å²) in [5.41, 5.74) is 1.15. The first kappa shape index (κ1) is 15.1. The van der Waals surface area contributed by atoms with Gasteiger partial charge in [-0.25, -0.2) is 0 Å². The normalized spacial score (nSPS) is 33.4. The summed E-state index contributed by atoms with van der Waals surface area (Å²) < 4.78 is 5.22. The lowest BCUT2D eigenvalue weighted by Gasteiger charge is -2.59. The molecule has 1 aromatic carbocycles. The molecule has 1 aromatic heterocycles. The highest BCUT2D eigenvalue weighted by Gasteiger charge is 2.48. The van der Waals surface area contributed by atoms with E-state index in [1.807, 2.05) is 24.3 Å². The molecule has 0 amide bonds. The van der Waals surface area contributed by atoms with Gasteiger partial charge in [0.2, 0.25) is 0 Å². The second kappa shape index (κ2) is 5.39. The second-order valence-corrected chi connectivity index (χ2v) is 7.40. The van der Waals surface area contributed by atoms with E-state index < -0.39 is 0 Å². The van der Waals surface area contributed by atoms with Crippen LogP contribution >= 0.6 is 0 Å². The van der Waals surface area contributed by atoms with Crippen molar-refractivity contribution in [3.05, 3.63) is 40.2 Å². The molecule has 4 saturated heterocycles. The Morgan fingerprint density at radius 3 is 2.44 bits per heavy atom. The predicted molar refractivity (Wildman–Crippen MR) is 96.2 cm³/mol. The number of methoxy groups -OCH3 is 1. The number of fused-ring (bicyclic) bond motifs is 1. The summed E-state index contributed by atoms with van der Waals surface area (Å²) in [6, 6.07) is 7.59. The van der Waals surface area contributed by atoms with E-state index in [2.05, 4.69) is 19.7 Å². The minimum absolute atomic E-state index is 0.115. The van der Waals surface area contributed by atoms with Crippen molar-refractivity contribution >= 4 is 17.1 Å². The van der Waals surface area contributed by atoms with Gasteiger partial charge in [-0.1, -0.05) is 0 Å². The van der Waals surface area contributed by atoms with E-state index in [1.54, 1.807) is 13.3 Å². The first-order chi connectivity index (χ1) is 12.1. The molecule has 6 rings (SSSR count). The Labute approximate surface area is 145 Å². The van der Waals surface area contributed by atoms with Crippen LogP contribution in [0.25, 0.3) is 10.9 Å². The summed E-state index contributed by atoms with van der Waals surface area (Å²) in [5.74, 6) is 0.732. The smallest absolute Gasteiger partial charge is 0.257 e. The average Bonchev–Trinajstić information content (AvgIpc) is 2.58. The molecule has 5 heterocycles. The maximum Gasteiger partial charge on any atom is 0.257 e. The minimum Gasteiger partial charge on any atom is -0.497 e. The first-order valence-electron chi connectivity index (χ1n) is 8.56. The largest absolute Gasteiger partial charge is 0.497 e. The summed E-state index contributed by atoms with van der Waals surface area (Å²) in [5, 5.41) is 0.976. The SMILES string of the molecule is COc1ccc2cc(C=NC34CN5CN(CN(C5)C3)C4)c(=O)[nH]c2c1. The Morgan fingerprint density at radius 2 is 1.80 bits per heavy atom. The number of aromatic nitrogens is 1. The number of H-pyrrole nitrogens is 1. The van der Waals surface area contributed by atoms with Crippen LogP contribution in [0.15, 0.2) is 34.1 Å². The first-order valence-corrected chi connectivity index (χ1v) is 8.56. The molecule has 0 unspecified atom stereocenters. The highest BCUT2D eigenvalue weighted by molar-refractivity contribution is 5.88. The van der Waals surface area contributed by atoms with E-state index in [0.29, 0.717) is 5.56 Å². The van der Waals surface area contributed by atoms with E-state index in [-0.39, 0.29) is 11.1 Å². The van der Waals surface area contributed by atoms with Crippen LogP contribution < -0.4 is 10.3 Å². The Hall–Kier alpha value is -2.22.